The quantitative estimate of drug-likeness (QED) is 0.275. The van der Waals surface area contributed by atoms with Gasteiger partial charge in [-0.25, -0.2) is 19.3 Å². The van der Waals surface area contributed by atoms with E-state index in [-0.39, 0.29) is 30.2 Å². The van der Waals surface area contributed by atoms with Crippen LogP contribution in [-0.4, -0.2) is 64.0 Å². The number of aliphatic hydroxyl groups is 2. The third-order valence-corrected chi connectivity index (χ3v) is 9.57. The van der Waals surface area contributed by atoms with Crippen molar-refractivity contribution in [2.45, 2.75) is 82.6 Å². The molecule has 0 spiro atoms. The van der Waals surface area contributed by atoms with E-state index in [2.05, 4.69) is 16.9 Å². The zero-order valence-corrected chi connectivity index (χ0v) is 24.9. The molecular formula is C33H37N7O4. The molecule has 228 valence electrons. The molecule has 1 fully saturated rings. The van der Waals surface area contributed by atoms with Crippen LogP contribution in [0.25, 0.3) is 16.9 Å². The molecule has 4 aromatic rings. The molecule has 3 N–H and O–H groups in total. The highest BCUT2D eigenvalue weighted by molar-refractivity contribution is 5.97. The largest absolute Gasteiger partial charge is 0.393 e. The molecule has 0 saturated heterocycles. The highest BCUT2D eigenvalue weighted by atomic mass is 16.3. The highest BCUT2D eigenvalue weighted by Crippen LogP contribution is 2.38. The maximum absolute atomic E-state index is 13.4. The third-order valence-electron chi connectivity index (χ3n) is 9.57. The number of aromatic nitrogens is 5. The number of anilines is 2. The summed E-state index contributed by atoms with van der Waals surface area (Å²) in [5.41, 5.74) is 3.20. The molecule has 1 atom stereocenters. The normalized spacial score (nSPS) is 23.1. The van der Waals surface area contributed by atoms with Crippen LogP contribution in [0.2, 0.25) is 0 Å². The highest BCUT2D eigenvalue weighted by Gasteiger charge is 2.37. The average Bonchev–Trinajstić information content (AvgIpc) is 3.51. The summed E-state index contributed by atoms with van der Waals surface area (Å²) in [6.45, 7) is 6.67. The number of rotatable bonds is 7. The van der Waals surface area contributed by atoms with Gasteiger partial charge in [0.2, 0.25) is 5.95 Å². The van der Waals surface area contributed by atoms with Crippen LogP contribution in [0.4, 0.5) is 11.6 Å². The molecule has 11 nitrogen and oxygen atoms in total. The van der Waals surface area contributed by atoms with Gasteiger partial charge in [-0.1, -0.05) is 19.1 Å². The molecular weight excluding hydrogens is 558 g/mol. The Hall–Kier alpha value is -4.35. The fourth-order valence-corrected chi connectivity index (χ4v) is 7.04. The van der Waals surface area contributed by atoms with Gasteiger partial charge in [0.05, 0.1) is 18.3 Å². The van der Waals surface area contributed by atoms with Crippen molar-refractivity contribution in [2.75, 3.05) is 11.9 Å². The van der Waals surface area contributed by atoms with E-state index in [1.807, 2.05) is 42.2 Å². The van der Waals surface area contributed by atoms with Crippen molar-refractivity contribution in [1.82, 2.24) is 29.2 Å². The molecule has 1 saturated carbocycles. The number of nitrogens with zero attached hydrogens (tertiary/aromatic N) is 6. The molecule has 44 heavy (non-hydrogen) atoms. The van der Waals surface area contributed by atoms with E-state index < -0.39 is 5.60 Å². The fraction of sp³-hybridized carbons (Fsp3) is 0.424. The zero-order chi connectivity index (χ0) is 30.6. The monoisotopic (exact) mass is 595 g/mol. The number of amides is 1. The Morgan fingerprint density at radius 2 is 1.91 bits per heavy atom. The summed E-state index contributed by atoms with van der Waals surface area (Å²) in [5, 5.41) is 24.7. The first-order valence-corrected chi connectivity index (χ1v) is 15.5. The molecule has 3 aliphatic rings. The summed E-state index contributed by atoms with van der Waals surface area (Å²) in [6, 6.07) is 9.66. The Morgan fingerprint density at radius 1 is 1.09 bits per heavy atom. The summed E-state index contributed by atoms with van der Waals surface area (Å²) in [4.78, 5) is 42.8. The maximum Gasteiger partial charge on any atom is 0.278 e. The molecule has 1 amide bonds. The van der Waals surface area contributed by atoms with E-state index in [9.17, 15) is 19.8 Å². The zero-order valence-electron chi connectivity index (χ0n) is 24.9. The minimum absolute atomic E-state index is 0.0428. The minimum Gasteiger partial charge on any atom is -0.393 e. The van der Waals surface area contributed by atoms with E-state index in [1.54, 1.807) is 10.8 Å². The van der Waals surface area contributed by atoms with Gasteiger partial charge in [0, 0.05) is 30.0 Å². The number of hydrogen-bond donors (Lipinski definition) is 3. The Bertz CT molecular complexity index is 1840. The van der Waals surface area contributed by atoms with Gasteiger partial charge < -0.3 is 20.4 Å². The van der Waals surface area contributed by atoms with Gasteiger partial charge in [0.25, 0.3) is 11.5 Å². The molecule has 2 aliphatic carbocycles. The van der Waals surface area contributed by atoms with Gasteiger partial charge in [-0.2, -0.15) is 4.98 Å². The number of benzene rings is 1. The summed E-state index contributed by atoms with van der Waals surface area (Å²) in [5.74, 6) is 0.833. The average molecular weight is 596 g/mol. The predicted molar refractivity (Wildman–Crippen MR) is 166 cm³/mol. The van der Waals surface area contributed by atoms with Crippen molar-refractivity contribution in [3.05, 3.63) is 81.9 Å². The van der Waals surface area contributed by atoms with Crippen LogP contribution >= 0.6 is 0 Å². The van der Waals surface area contributed by atoms with Gasteiger partial charge in [0.15, 0.2) is 11.5 Å². The van der Waals surface area contributed by atoms with Crippen molar-refractivity contribution in [3.8, 4) is 5.82 Å². The second kappa shape index (κ2) is 11.0. The maximum atomic E-state index is 13.4. The Kier molecular flexibility index (Phi) is 7.09. The van der Waals surface area contributed by atoms with Crippen molar-refractivity contribution < 1.29 is 15.0 Å². The second-order valence-corrected chi connectivity index (χ2v) is 12.2. The van der Waals surface area contributed by atoms with E-state index in [0.29, 0.717) is 53.4 Å². The van der Waals surface area contributed by atoms with Gasteiger partial charge in [-0.05, 0) is 86.8 Å². The third kappa shape index (κ3) is 4.71. The first-order chi connectivity index (χ1) is 21.3. The van der Waals surface area contributed by atoms with Crippen LogP contribution in [0, 0.1) is 0 Å². The van der Waals surface area contributed by atoms with Gasteiger partial charge in [-0.15, -0.1) is 6.58 Å². The van der Waals surface area contributed by atoms with Crippen LogP contribution < -0.4 is 10.9 Å². The van der Waals surface area contributed by atoms with E-state index in [4.69, 9.17) is 9.97 Å². The van der Waals surface area contributed by atoms with E-state index in [1.165, 1.54) is 10.9 Å². The Morgan fingerprint density at radius 3 is 2.68 bits per heavy atom. The number of hydrogen-bond acceptors (Lipinski definition) is 8. The lowest BCUT2D eigenvalue weighted by atomic mass is 9.89. The number of nitrogens with one attached hydrogen (secondary N) is 1. The molecule has 1 aromatic carbocycles. The number of allylic oxidation sites excluding steroid dienone is 1. The second-order valence-electron chi connectivity index (χ2n) is 12.2. The van der Waals surface area contributed by atoms with Crippen molar-refractivity contribution in [1.29, 1.82) is 0 Å². The summed E-state index contributed by atoms with van der Waals surface area (Å²) < 4.78 is 3.19. The number of pyridine rings is 1. The number of carbonyl (C=O) groups excluding carboxylic acids is 1. The number of aliphatic hydroxyl groups excluding tert-OH is 1. The topological polar surface area (TPSA) is 138 Å². The van der Waals surface area contributed by atoms with Gasteiger partial charge in [0.1, 0.15) is 11.0 Å². The molecule has 0 radical (unpaired) electrons. The molecule has 3 aromatic heterocycles. The molecule has 1 aliphatic heterocycles. The molecule has 0 bridgehead atoms. The van der Waals surface area contributed by atoms with Crippen molar-refractivity contribution in [3.63, 3.8) is 0 Å². The fourth-order valence-electron chi connectivity index (χ4n) is 7.04. The van der Waals surface area contributed by atoms with Crippen LogP contribution in [-0.2, 0) is 25.0 Å². The summed E-state index contributed by atoms with van der Waals surface area (Å²) in [6.07, 6.45) is 8.72. The van der Waals surface area contributed by atoms with Crippen molar-refractivity contribution in [2.24, 2.45) is 0 Å². The lowest BCUT2D eigenvalue weighted by molar-refractivity contribution is 0.0305. The van der Waals surface area contributed by atoms with Gasteiger partial charge in [-0.3, -0.25) is 9.59 Å². The molecule has 4 heterocycles. The first kappa shape index (κ1) is 28.4. The number of fused-ring (bicyclic) bond motifs is 3. The van der Waals surface area contributed by atoms with E-state index >= 15 is 0 Å². The minimum atomic E-state index is -0.997. The Labute approximate surface area is 254 Å². The molecule has 7 rings (SSSR count). The van der Waals surface area contributed by atoms with Crippen LogP contribution in [0.15, 0.2) is 54.0 Å². The van der Waals surface area contributed by atoms with Crippen LogP contribution in [0.3, 0.4) is 0 Å². The first-order valence-electron chi connectivity index (χ1n) is 15.5. The Balaban J connectivity index is 1.21. The summed E-state index contributed by atoms with van der Waals surface area (Å²) >= 11 is 0. The summed E-state index contributed by atoms with van der Waals surface area (Å²) in [7, 11) is 0. The smallest absolute Gasteiger partial charge is 0.278 e. The molecule has 0 unspecified atom stereocenters. The van der Waals surface area contributed by atoms with Crippen molar-refractivity contribution >= 4 is 28.6 Å². The predicted octanol–water partition coefficient (Wildman–Crippen LogP) is 3.75. The number of carbonyl (C=O) groups is 1. The van der Waals surface area contributed by atoms with E-state index in [0.717, 1.165) is 55.3 Å². The van der Waals surface area contributed by atoms with Crippen LogP contribution in [0.1, 0.15) is 72.6 Å². The standard InChI is InChI=1S/C33H37N7O4/c1-3-16-39-31(43)26-19-34-32(37-29(26)40(39)27-12-5-20-13-15-33(44,4-2)28(20)36-27)35-22-6-11-25-21(18-22)14-17-38(30(25)42)23-7-9-24(41)10-8-23/h3,5-6,11-12,18-19,23-24,41,44H,1,4,7-10,13-17H2,2H3,(H,34,35,37)/t23?,24?,33-/m1/s1. The lowest BCUT2D eigenvalue weighted by Crippen LogP contribution is -2.46. The number of aryl methyl sites for hydroxylation is 1. The molecule has 11 heteroatoms. The van der Waals surface area contributed by atoms with Crippen LogP contribution in [0.5, 0.6) is 0 Å². The van der Waals surface area contributed by atoms with Gasteiger partial charge >= 0.3 is 0 Å². The lowest BCUT2D eigenvalue weighted by Gasteiger charge is -2.38. The SMILES string of the molecule is C=CCn1c(=O)c2cnc(Nc3ccc4c(c3)CCN(C3CCC(O)CC3)C4=O)nc2n1-c1ccc2c(n1)[C@@](O)(CC)CC2.